The molecule has 1 aliphatic heterocycles. The molecule has 1 heterocycles. The molecular weight excluding hydrogens is 250 g/mol. The molecule has 3 heteroatoms. The molecule has 2 rings (SSSR count). The third-order valence-corrected chi connectivity index (χ3v) is 3.78. The summed E-state index contributed by atoms with van der Waals surface area (Å²) in [5, 5.41) is 3.64. The van der Waals surface area contributed by atoms with Gasteiger partial charge in [0.15, 0.2) is 0 Å². The van der Waals surface area contributed by atoms with E-state index in [0.717, 1.165) is 31.6 Å². The van der Waals surface area contributed by atoms with Crippen LogP contribution in [-0.2, 0) is 4.74 Å². The van der Waals surface area contributed by atoms with E-state index >= 15 is 0 Å². The highest BCUT2D eigenvalue weighted by Gasteiger charge is 2.30. The van der Waals surface area contributed by atoms with E-state index in [9.17, 15) is 0 Å². The minimum atomic E-state index is 0.264. The molecule has 1 aromatic carbocycles. The summed E-state index contributed by atoms with van der Waals surface area (Å²) in [5.41, 5.74) is 1.27. The van der Waals surface area contributed by atoms with E-state index < -0.39 is 0 Å². The van der Waals surface area contributed by atoms with Crippen LogP contribution in [0.4, 0.5) is 0 Å². The van der Waals surface area contributed by atoms with E-state index in [-0.39, 0.29) is 12.1 Å². The number of hydrogen-bond donors (Lipinski definition) is 1. The van der Waals surface area contributed by atoms with Crippen LogP contribution in [0.1, 0.15) is 51.6 Å². The fourth-order valence-electron chi connectivity index (χ4n) is 2.81. The summed E-state index contributed by atoms with van der Waals surface area (Å²) < 4.78 is 11.7. The van der Waals surface area contributed by atoms with Gasteiger partial charge in [-0.25, -0.2) is 0 Å². The fraction of sp³-hybridized carbons (Fsp3) is 0.647. The van der Waals surface area contributed by atoms with Gasteiger partial charge in [0.25, 0.3) is 0 Å². The van der Waals surface area contributed by atoms with E-state index in [1.807, 2.05) is 13.0 Å². The Bertz CT molecular complexity index is 408. The zero-order valence-corrected chi connectivity index (χ0v) is 12.9. The van der Waals surface area contributed by atoms with Crippen LogP contribution < -0.4 is 10.1 Å². The van der Waals surface area contributed by atoms with Crippen molar-refractivity contribution in [2.45, 2.75) is 58.3 Å². The number of nitrogens with one attached hydrogen (secondary N) is 1. The van der Waals surface area contributed by atoms with Crippen molar-refractivity contribution in [3.8, 4) is 5.75 Å². The molecule has 1 saturated heterocycles. The first-order valence-electron chi connectivity index (χ1n) is 7.86. The van der Waals surface area contributed by atoms with E-state index in [0.29, 0.717) is 12.7 Å². The molecule has 0 saturated carbocycles. The zero-order chi connectivity index (χ0) is 14.4. The van der Waals surface area contributed by atoms with E-state index in [4.69, 9.17) is 9.47 Å². The van der Waals surface area contributed by atoms with Crippen LogP contribution in [0.3, 0.4) is 0 Å². The minimum Gasteiger partial charge on any atom is -0.494 e. The monoisotopic (exact) mass is 277 g/mol. The molecule has 0 bridgehead atoms. The number of ether oxygens (including phenoxy) is 2. The fourth-order valence-corrected chi connectivity index (χ4v) is 2.81. The summed E-state index contributed by atoms with van der Waals surface area (Å²) in [6, 6.07) is 8.66. The average molecular weight is 277 g/mol. The van der Waals surface area contributed by atoms with Gasteiger partial charge in [0, 0.05) is 0 Å². The molecule has 0 aromatic heterocycles. The first-order chi connectivity index (χ1) is 9.74. The summed E-state index contributed by atoms with van der Waals surface area (Å²) in [4.78, 5) is 0. The molecule has 0 amide bonds. The first-order valence-corrected chi connectivity index (χ1v) is 7.86. The van der Waals surface area contributed by atoms with Gasteiger partial charge in [-0.1, -0.05) is 19.1 Å². The molecular formula is C17H27NO2. The van der Waals surface area contributed by atoms with Crippen LogP contribution in [0.25, 0.3) is 0 Å². The molecule has 20 heavy (non-hydrogen) atoms. The van der Waals surface area contributed by atoms with Gasteiger partial charge in [0.05, 0.1) is 24.9 Å². The average Bonchev–Trinajstić information content (AvgIpc) is 2.87. The van der Waals surface area contributed by atoms with Crippen molar-refractivity contribution in [3.05, 3.63) is 29.8 Å². The Morgan fingerprint density at radius 2 is 2.20 bits per heavy atom. The van der Waals surface area contributed by atoms with Crippen LogP contribution in [0, 0.1) is 0 Å². The van der Waals surface area contributed by atoms with Crippen LogP contribution in [0.15, 0.2) is 24.3 Å². The van der Waals surface area contributed by atoms with Crippen molar-refractivity contribution < 1.29 is 9.47 Å². The normalized spacial score (nSPS) is 23.8. The SMILES string of the molecule is CCCNC(c1cccc(OCC)c1)C1CCC(C)O1. The molecule has 0 aliphatic carbocycles. The van der Waals surface area contributed by atoms with Gasteiger partial charge >= 0.3 is 0 Å². The van der Waals surface area contributed by atoms with Gasteiger partial charge in [-0.05, 0) is 57.4 Å². The maximum Gasteiger partial charge on any atom is 0.119 e. The quantitative estimate of drug-likeness (QED) is 0.824. The van der Waals surface area contributed by atoms with Gasteiger partial charge in [-0.2, -0.15) is 0 Å². The molecule has 1 aliphatic rings. The molecule has 3 unspecified atom stereocenters. The third-order valence-electron chi connectivity index (χ3n) is 3.78. The Morgan fingerprint density at radius 3 is 2.85 bits per heavy atom. The van der Waals surface area contributed by atoms with Crippen molar-refractivity contribution in [1.29, 1.82) is 0 Å². The van der Waals surface area contributed by atoms with Crippen molar-refractivity contribution in [3.63, 3.8) is 0 Å². The lowest BCUT2D eigenvalue weighted by Crippen LogP contribution is -2.32. The third kappa shape index (κ3) is 3.97. The molecule has 0 spiro atoms. The van der Waals surface area contributed by atoms with Crippen LogP contribution >= 0.6 is 0 Å². The summed E-state index contributed by atoms with van der Waals surface area (Å²) in [6.07, 6.45) is 4.06. The van der Waals surface area contributed by atoms with Crippen molar-refractivity contribution in [2.75, 3.05) is 13.2 Å². The summed E-state index contributed by atoms with van der Waals surface area (Å²) in [7, 11) is 0. The van der Waals surface area contributed by atoms with Gasteiger partial charge in [0.2, 0.25) is 0 Å². The van der Waals surface area contributed by atoms with Crippen molar-refractivity contribution >= 4 is 0 Å². The molecule has 1 N–H and O–H groups in total. The van der Waals surface area contributed by atoms with Crippen LogP contribution in [0.5, 0.6) is 5.75 Å². The predicted octanol–water partition coefficient (Wildman–Crippen LogP) is 3.69. The van der Waals surface area contributed by atoms with Gasteiger partial charge < -0.3 is 14.8 Å². The molecule has 1 aromatic rings. The Morgan fingerprint density at radius 1 is 1.35 bits per heavy atom. The number of rotatable bonds is 7. The van der Waals surface area contributed by atoms with E-state index in [1.165, 1.54) is 5.56 Å². The van der Waals surface area contributed by atoms with Crippen LogP contribution in [-0.4, -0.2) is 25.4 Å². The second kappa shape index (κ2) is 7.65. The van der Waals surface area contributed by atoms with Gasteiger partial charge in [0.1, 0.15) is 5.75 Å². The summed E-state index contributed by atoms with van der Waals surface area (Å²) in [5.74, 6) is 0.944. The first kappa shape index (κ1) is 15.3. The lowest BCUT2D eigenvalue weighted by molar-refractivity contribution is 0.0316. The maximum absolute atomic E-state index is 6.07. The highest BCUT2D eigenvalue weighted by atomic mass is 16.5. The Kier molecular flexibility index (Phi) is 5.86. The number of hydrogen-bond acceptors (Lipinski definition) is 3. The molecule has 3 atom stereocenters. The topological polar surface area (TPSA) is 30.5 Å². The predicted molar refractivity (Wildman–Crippen MR) is 82.2 cm³/mol. The molecule has 0 radical (unpaired) electrons. The molecule has 1 fully saturated rings. The zero-order valence-electron chi connectivity index (χ0n) is 12.9. The largest absolute Gasteiger partial charge is 0.494 e. The molecule has 112 valence electrons. The Balaban J connectivity index is 2.14. The minimum absolute atomic E-state index is 0.264. The number of benzene rings is 1. The lowest BCUT2D eigenvalue weighted by atomic mass is 9.98. The van der Waals surface area contributed by atoms with E-state index in [1.54, 1.807) is 0 Å². The summed E-state index contributed by atoms with van der Waals surface area (Å²) in [6.45, 7) is 8.08. The second-order valence-corrected chi connectivity index (χ2v) is 5.50. The van der Waals surface area contributed by atoms with Crippen molar-refractivity contribution in [1.82, 2.24) is 5.32 Å². The lowest BCUT2D eigenvalue weighted by Gasteiger charge is -2.25. The maximum atomic E-state index is 6.07. The van der Waals surface area contributed by atoms with Gasteiger partial charge in [-0.3, -0.25) is 0 Å². The van der Waals surface area contributed by atoms with Crippen LogP contribution in [0.2, 0.25) is 0 Å². The molecule has 3 nitrogen and oxygen atoms in total. The summed E-state index contributed by atoms with van der Waals surface area (Å²) >= 11 is 0. The van der Waals surface area contributed by atoms with Crippen molar-refractivity contribution in [2.24, 2.45) is 0 Å². The second-order valence-electron chi connectivity index (χ2n) is 5.50. The Hall–Kier alpha value is -1.06. The van der Waals surface area contributed by atoms with E-state index in [2.05, 4.69) is 37.4 Å². The highest BCUT2D eigenvalue weighted by Crippen LogP contribution is 2.31. The standard InChI is InChI=1S/C17H27NO2/c1-4-11-18-17(16-10-9-13(3)20-16)14-7-6-8-15(12-14)19-5-2/h6-8,12-13,16-18H,4-5,9-11H2,1-3H3. The highest BCUT2D eigenvalue weighted by molar-refractivity contribution is 5.31. The Labute approximate surface area is 122 Å². The van der Waals surface area contributed by atoms with Gasteiger partial charge in [-0.15, -0.1) is 0 Å². The smallest absolute Gasteiger partial charge is 0.119 e.